The van der Waals surface area contributed by atoms with Crippen LogP contribution < -0.4 is 4.90 Å². The van der Waals surface area contributed by atoms with Gasteiger partial charge in [0.2, 0.25) is 0 Å². The van der Waals surface area contributed by atoms with Gasteiger partial charge in [-0.3, -0.25) is 0 Å². The van der Waals surface area contributed by atoms with Gasteiger partial charge in [-0.05, 0) is 144 Å². The first-order valence-corrected chi connectivity index (χ1v) is 27.1. The molecule has 2 heteroatoms. The number of thiophene rings is 1. The lowest BCUT2D eigenvalue weighted by Gasteiger charge is -2.35. The van der Waals surface area contributed by atoms with Crippen molar-refractivity contribution in [1.29, 1.82) is 0 Å². The molecule has 1 nitrogen and oxygen atoms in total. The molecule has 0 aliphatic heterocycles. The van der Waals surface area contributed by atoms with Crippen LogP contribution in [0.25, 0.3) is 64.7 Å². The molecule has 356 valence electrons. The highest BCUT2D eigenvalue weighted by Gasteiger charge is 2.48. The molecule has 15 rings (SSSR count). The third kappa shape index (κ3) is 6.57. The zero-order valence-corrected chi connectivity index (χ0v) is 42.5. The van der Waals surface area contributed by atoms with Crippen molar-refractivity contribution in [3.05, 3.63) is 342 Å². The van der Waals surface area contributed by atoms with Gasteiger partial charge in [-0.1, -0.05) is 243 Å². The Bertz CT molecular complexity index is 4230. The number of benzene rings is 12. The van der Waals surface area contributed by atoms with Crippen LogP contribution in [0.5, 0.6) is 0 Å². The molecular weight excluding hydrogens is 935 g/mol. The minimum atomic E-state index is -0.535. The van der Waals surface area contributed by atoms with Gasteiger partial charge in [-0.25, -0.2) is 0 Å². The average molecular weight is 984 g/mol. The van der Waals surface area contributed by atoms with Gasteiger partial charge in [-0.15, -0.1) is 11.3 Å². The first-order valence-electron chi connectivity index (χ1n) is 26.3. The zero-order chi connectivity index (χ0) is 50.2. The Morgan fingerprint density at radius 2 is 0.684 bits per heavy atom. The average Bonchev–Trinajstić information content (AvgIpc) is 4.24. The molecule has 0 fully saturated rings. The van der Waals surface area contributed by atoms with Gasteiger partial charge in [0.25, 0.3) is 0 Å². The molecule has 0 spiro atoms. The molecule has 2 aliphatic carbocycles. The number of hydrogen-bond donors (Lipinski definition) is 0. The highest BCUT2D eigenvalue weighted by atomic mass is 32.1. The van der Waals surface area contributed by atoms with Crippen LogP contribution in [0.15, 0.2) is 297 Å². The Morgan fingerprint density at radius 3 is 1.30 bits per heavy atom. The highest BCUT2D eigenvalue weighted by molar-refractivity contribution is 7.25. The van der Waals surface area contributed by atoms with Crippen LogP contribution in [0.3, 0.4) is 0 Å². The molecule has 0 saturated carbocycles. The van der Waals surface area contributed by atoms with Crippen LogP contribution in [0, 0.1) is 0 Å². The summed E-state index contributed by atoms with van der Waals surface area (Å²) in [5.41, 5.74) is 22.4. The smallest absolute Gasteiger partial charge is 0.0714 e. The summed E-state index contributed by atoms with van der Waals surface area (Å²) in [5.74, 6) is 0. The lowest BCUT2D eigenvalue weighted by molar-refractivity contribution is 0.768. The normalized spacial score (nSPS) is 13.5. The molecule has 0 amide bonds. The van der Waals surface area contributed by atoms with E-state index in [1.165, 1.54) is 109 Å². The van der Waals surface area contributed by atoms with Crippen LogP contribution in [0.4, 0.5) is 17.1 Å². The molecule has 76 heavy (non-hydrogen) atoms. The predicted molar refractivity (Wildman–Crippen MR) is 319 cm³/mol. The summed E-state index contributed by atoms with van der Waals surface area (Å²) in [6, 6.07) is 111. The lowest BCUT2D eigenvalue weighted by Crippen LogP contribution is -2.28. The Labute approximate surface area is 447 Å². The predicted octanol–water partition coefficient (Wildman–Crippen LogP) is 19.6. The van der Waals surface area contributed by atoms with Crippen LogP contribution >= 0.6 is 11.3 Å². The lowest BCUT2D eigenvalue weighted by atomic mass is 9.67. The minimum absolute atomic E-state index is 0.474. The second-order valence-corrected chi connectivity index (χ2v) is 21.3. The van der Waals surface area contributed by atoms with Gasteiger partial charge in [0.1, 0.15) is 0 Å². The maximum atomic E-state index is 2.47. The maximum Gasteiger partial charge on any atom is 0.0714 e. The van der Waals surface area contributed by atoms with Crippen molar-refractivity contribution < 1.29 is 0 Å². The number of nitrogens with zero attached hydrogens (tertiary/aromatic N) is 1. The quantitative estimate of drug-likeness (QED) is 0.139. The molecule has 0 unspecified atom stereocenters. The van der Waals surface area contributed by atoms with Gasteiger partial charge >= 0.3 is 0 Å². The van der Waals surface area contributed by atoms with Crippen LogP contribution in [0.1, 0.15) is 44.5 Å². The van der Waals surface area contributed by atoms with E-state index in [-0.39, 0.29) is 0 Å². The van der Waals surface area contributed by atoms with E-state index in [1.54, 1.807) is 0 Å². The fourth-order valence-corrected chi connectivity index (χ4v) is 14.3. The summed E-state index contributed by atoms with van der Waals surface area (Å²) >= 11 is 1.86. The van der Waals surface area contributed by atoms with Gasteiger partial charge in [0.15, 0.2) is 0 Å². The first-order chi connectivity index (χ1) is 37.7. The molecule has 12 aromatic carbocycles. The van der Waals surface area contributed by atoms with E-state index in [0.29, 0.717) is 0 Å². The number of hydrogen-bond acceptors (Lipinski definition) is 2. The molecule has 1 aromatic heterocycles. The third-order valence-electron chi connectivity index (χ3n) is 16.5. The van der Waals surface area contributed by atoms with Crippen molar-refractivity contribution in [3.8, 4) is 44.5 Å². The van der Waals surface area contributed by atoms with E-state index in [2.05, 4.69) is 302 Å². The van der Waals surface area contributed by atoms with Crippen molar-refractivity contribution in [2.24, 2.45) is 0 Å². The molecule has 0 bridgehead atoms. The summed E-state index contributed by atoms with van der Waals surface area (Å²) in [7, 11) is 0. The minimum Gasteiger partial charge on any atom is -0.310 e. The Kier molecular flexibility index (Phi) is 10.3. The SMILES string of the molecule is c1ccc(C2(c3ccccc3)c3ccccc3-c3ccc(N(c4ccc(-c5ccc6sc7ccccc7c6c5)cc4)c4ccc(-c5cccc6c5-c5ccccc5C6(c5ccccc5)c5ccccc5)cc4)cc32)cc1. The molecule has 2 aliphatic rings. The first kappa shape index (κ1) is 44.2. The molecule has 13 aromatic rings. The summed E-state index contributed by atoms with van der Waals surface area (Å²) < 4.78 is 2.63. The fourth-order valence-electron chi connectivity index (χ4n) is 13.3. The molecule has 0 atom stereocenters. The summed E-state index contributed by atoms with van der Waals surface area (Å²) in [6.45, 7) is 0. The van der Waals surface area contributed by atoms with Crippen molar-refractivity contribution in [3.63, 3.8) is 0 Å². The van der Waals surface area contributed by atoms with Gasteiger partial charge in [0.05, 0.1) is 10.8 Å². The largest absolute Gasteiger partial charge is 0.310 e. The van der Waals surface area contributed by atoms with Crippen LogP contribution in [-0.2, 0) is 10.8 Å². The summed E-state index contributed by atoms with van der Waals surface area (Å²) in [5, 5.41) is 2.62. The standard InChI is InChI=1S/C74H49NS/c1-5-20-53(21-6-1)73(54-22-7-2-8-23-54)67-33-17-14-30-64(67)72-60(31-19-34-68(72)73)51-38-43-58(44-39-51)75(57-41-36-50(37-42-57)52-40-47-71-65(48-52)63-29-15-18-35-70(63)76-71)59-45-46-62-61-28-13-16-32-66(61)74(69(62)49-59,55-24-9-3-10-25-55)56-26-11-4-12-27-56/h1-49H. The van der Waals surface area contributed by atoms with Crippen molar-refractivity contribution in [2.75, 3.05) is 4.90 Å². The topological polar surface area (TPSA) is 3.24 Å². The Balaban J connectivity index is 0.905. The van der Waals surface area contributed by atoms with E-state index in [0.717, 1.165) is 17.1 Å². The van der Waals surface area contributed by atoms with Crippen molar-refractivity contribution in [2.45, 2.75) is 10.8 Å². The van der Waals surface area contributed by atoms with E-state index < -0.39 is 10.8 Å². The number of fused-ring (bicyclic) bond motifs is 9. The molecule has 1 heterocycles. The maximum absolute atomic E-state index is 2.47. The number of anilines is 3. The van der Waals surface area contributed by atoms with Crippen molar-refractivity contribution in [1.82, 2.24) is 0 Å². The van der Waals surface area contributed by atoms with E-state index >= 15 is 0 Å². The van der Waals surface area contributed by atoms with Crippen LogP contribution in [0.2, 0.25) is 0 Å². The molecular formula is C74H49NS. The molecule has 0 radical (unpaired) electrons. The highest BCUT2D eigenvalue weighted by Crippen LogP contribution is 2.60. The second kappa shape index (κ2) is 17.7. The fraction of sp³-hybridized carbons (Fsp3) is 0.0270. The van der Waals surface area contributed by atoms with Gasteiger partial charge < -0.3 is 4.90 Å². The van der Waals surface area contributed by atoms with Crippen molar-refractivity contribution >= 4 is 48.6 Å². The second-order valence-electron chi connectivity index (χ2n) is 20.3. The Hall–Kier alpha value is -9.34. The molecule has 0 N–H and O–H groups in total. The van der Waals surface area contributed by atoms with Crippen LogP contribution in [-0.4, -0.2) is 0 Å². The van der Waals surface area contributed by atoms with E-state index in [1.807, 2.05) is 11.3 Å². The van der Waals surface area contributed by atoms with Gasteiger partial charge in [0, 0.05) is 37.2 Å². The summed E-state index contributed by atoms with van der Waals surface area (Å²) in [6.07, 6.45) is 0. The zero-order valence-electron chi connectivity index (χ0n) is 41.6. The Morgan fingerprint density at radius 1 is 0.250 bits per heavy atom. The van der Waals surface area contributed by atoms with E-state index in [9.17, 15) is 0 Å². The van der Waals surface area contributed by atoms with E-state index in [4.69, 9.17) is 0 Å². The van der Waals surface area contributed by atoms with Gasteiger partial charge in [-0.2, -0.15) is 0 Å². The molecule has 0 saturated heterocycles. The monoisotopic (exact) mass is 983 g/mol. The summed E-state index contributed by atoms with van der Waals surface area (Å²) in [4.78, 5) is 2.45. The number of rotatable bonds is 9. The third-order valence-corrected chi connectivity index (χ3v) is 17.6.